The Balaban J connectivity index is 2.47. The summed E-state index contributed by atoms with van der Waals surface area (Å²) in [5.74, 6) is -4.15. The van der Waals surface area contributed by atoms with E-state index in [2.05, 4.69) is 38.5 Å². The number of carboxylic acid groups (broad SMARTS) is 3. The number of carbonyl (C=O) groups excluding carboxylic acids is 2. The van der Waals surface area contributed by atoms with Crippen LogP contribution in [0.25, 0.3) is 0 Å². The first-order chi connectivity index (χ1) is 15.5. The van der Waals surface area contributed by atoms with E-state index in [1.54, 1.807) is 6.92 Å². The van der Waals surface area contributed by atoms with Crippen molar-refractivity contribution in [3.05, 3.63) is 33.4 Å². The molecule has 12 heteroatoms. The minimum atomic E-state index is -1.47. The summed E-state index contributed by atoms with van der Waals surface area (Å²) in [4.78, 5) is 57.4. The molecule has 0 aromatic heterocycles. The van der Waals surface area contributed by atoms with Gasteiger partial charge in [0.1, 0.15) is 12.1 Å². The average Bonchev–Trinajstić information content (AvgIpc) is 2.73. The molecule has 1 aromatic rings. The van der Waals surface area contributed by atoms with E-state index in [0.29, 0.717) is 6.42 Å². The van der Waals surface area contributed by atoms with Crippen LogP contribution in [0.5, 0.6) is 0 Å². The third kappa shape index (κ3) is 12.1. The summed E-state index contributed by atoms with van der Waals surface area (Å²) in [6.07, 6.45) is 0.284. The summed E-state index contributed by atoms with van der Waals surface area (Å²) in [5.41, 5.74) is 1.03. The molecule has 11 nitrogen and oxygen atoms in total. The Morgan fingerprint density at radius 1 is 0.818 bits per heavy atom. The molecule has 3 unspecified atom stereocenters. The number of carboxylic acids is 3. The zero-order valence-electron chi connectivity index (χ0n) is 18.0. The molecule has 3 amide bonds. The molecule has 0 radical (unpaired) electrons. The van der Waals surface area contributed by atoms with Crippen LogP contribution in [0.4, 0.5) is 4.79 Å². The minimum Gasteiger partial charge on any atom is -0.481 e. The number of hydrogen-bond acceptors (Lipinski definition) is 5. The van der Waals surface area contributed by atoms with Crippen LogP contribution in [0, 0.1) is 3.57 Å². The normalized spacial score (nSPS) is 13.3. The molecule has 6 N–H and O–H groups in total. The van der Waals surface area contributed by atoms with E-state index < -0.39 is 42.4 Å². The minimum absolute atomic E-state index is 0.00577. The highest BCUT2D eigenvalue weighted by Crippen LogP contribution is 2.09. The fraction of sp³-hybridized carbons (Fsp3) is 0.476. The summed E-state index contributed by atoms with van der Waals surface area (Å²) in [5, 5.41) is 34.1. The van der Waals surface area contributed by atoms with Gasteiger partial charge in [-0.1, -0.05) is 12.1 Å². The van der Waals surface area contributed by atoms with Gasteiger partial charge in [-0.15, -0.1) is 0 Å². The topological polar surface area (TPSA) is 182 Å². The molecule has 0 heterocycles. The molecule has 33 heavy (non-hydrogen) atoms. The van der Waals surface area contributed by atoms with Gasteiger partial charge in [-0.25, -0.2) is 14.4 Å². The highest BCUT2D eigenvalue weighted by atomic mass is 127. The number of urea groups is 1. The van der Waals surface area contributed by atoms with Crippen LogP contribution < -0.4 is 16.0 Å². The molecule has 0 spiro atoms. The van der Waals surface area contributed by atoms with Crippen LogP contribution in [0.15, 0.2) is 24.3 Å². The van der Waals surface area contributed by atoms with Crippen LogP contribution in [0.1, 0.15) is 44.6 Å². The van der Waals surface area contributed by atoms with Crippen LogP contribution in [0.2, 0.25) is 0 Å². The van der Waals surface area contributed by atoms with Crippen molar-refractivity contribution in [2.75, 3.05) is 0 Å². The van der Waals surface area contributed by atoms with E-state index in [1.807, 2.05) is 24.3 Å². The van der Waals surface area contributed by atoms with Gasteiger partial charge >= 0.3 is 23.9 Å². The van der Waals surface area contributed by atoms with Crippen molar-refractivity contribution in [2.45, 2.75) is 63.6 Å². The van der Waals surface area contributed by atoms with Crippen LogP contribution >= 0.6 is 22.6 Å². The lowest BCUT2D eigenvalue weighted by atomic mass is 10.1. The Bertz CT molecular complexity index is 846. The van der Waals surface area contributed by atoms with Crippen LogP contribution in [-0.2, 0) is 25.6 Å². The molecule has 0 saturated carbocycles. The smallest absolute Gasteiger partial charge is 0.326 e. The van der Waals surface area contributed by atoms with Gasteiger partial charge < -0.3 is 31.3 Å². The standard InChI is InChI=1S/C21H28IN3O8/c1-12(23-17(26)10-5-13-3-6-14(22)7-4-13)2-8-15(19(29)30)24-21(33)25-16(20(31)32)9-11-18(27)28/h3-4,6-7,12,15-16H,2,5,8-11H2,1H3,(H,23,26)(H,27,28)(H,29,30)(H,31,32)(H2,24,25,33). The Kier molecular flexibility index (Phi) is 12.2. The van der Waals surface area contributed by atoms with Gasteiger partial charge in [0.25, 0.3) is 0 Å². The maximum absolute atomic E-state index is 12.1. The summed E-state index contributed by atoms with van der Waals surface area (Å²) in [6, 6.07) is 3.64. The van der Waals surface area contributed by atoms with E-state index in [4.69, 9.17) is 10.2 Å². The van der Waals surface area contributed by atoms with Crippen molar-refractivity contribution in [1.82, 2.24) is 16.0 Å². The Morgan fingerprint density at radius 2 is 1.36 bits per heavy atom. The van der Waals surface area contributed by atoms with Gasteiger partial charge in [0.2, 0.25) is 5.91 Å². The largest absolute Gasteiger partial charge is 0.481 e. The molecule has 1 rings (SSSR count). The fourth-order valence-electron chi connectivity index (χ4n) is 2.89. The monoisotopic (exact) mass is 577 g/mol. The first kappa shape index (κ1) is 28.1. The van der Waals surface area contributed by atoms with E-state index >= 15 is 0 Å². The highest BCUT2D eigenvalue weighted by Gasteiger charge is 2.25. The van der Waals surface area contributed by atoms with Crippen molar-refractivity contribution in [3.63, 3.8) is 0 Å². The summed E-state index contributed by atoms with van der Waals surface area (Å²) < 4.78 is 1.10. The summed E-state index contributed by atoms with van der Waals surface area (Å²) in [7, 11) is 0. The van der Waals surface area contributed by atoms with E-state index in [9.17, 15) is 29.1 Å². The van der Waals surface area contributed by atoms with Gasteiger partial charge in [-0.2, -0.15) is 0 Å². The Hall–Kier alpha value is -2.90. The van der Waals surface area contributed by atoms with E-state index in [1.165, 1.54) is 0 Å². The van der Waals surface area contributed by atoms with Crippen molar-refractivity contribution < 1.29 is 39.3 Å². The highest BCUT2D eigenvalue weighted by molar-refractivity contribution is 14.1. The Labute approximate surface area is 204 Å². The number of benzene rings is 1. The fourth-order valence-corrected chi connectivity index (χ4v) is 3.25. The third-order valence-electron chi connectivity index (χ3n) is 4.70. The molecule has 1 aromatic carbocycles. The van der Waals surface area contributed by atoms with Gasteiger partial charge in [-0.05, 0) is 72.9 Å². The lowest BCUT2D eigenvalue weighted by molar-refractivity contribution is -0.141. The first-order valence-electron chi connectivity index (χ1n) is 10.3. The number of aliphatic carboxylic acids is 3. The van der Waals surface area contributed by atoms with Crippen LogP contribution in [0.3, 0.4) is 0 Å². The van der Waals surface area contributed by atoms with Crippen molar-refractivity contribution in [1.29, 1.82) is 0 Å². The number of halogens is 1. The lowest BCUT2D eigenvalue weighted by Crippen LogP contribution is -2.51. The number of aryl methyl sites for hydroxylation is 1. The predicted octanol–water partition coefficient (Wildman–Crippen LogP) is 1.58. The van der Waals surface area contributed by atoms with Crippen LogP contribution in [-0.4, -0.2) is 63.3 Å². The zero-order valence-corrected chi connectivity index (χ0v) is 20.2. The Morgan fingerprint density at radius 3 is 1.88 bits per heavy atom. The number of nitrogens with one attached hydrogen (secondary N) is 3. The lowest BCUT2D eigenvalue weighted by Gasteiger charge is -2.20. The van der Waals surface area contributed by atoms with Crippen molar-refractivity contribution >= 4 is 52.4 Å². The molecule has 3 atom stereocenters. The van der Waals surface area contributed by atoms with Gasteiger partial charge in [-0.3, -0.25) is 9.59 Å². The van der Waals surface area contributed by atoms with Gasteiger partial charge in [0.15, 0.2) is 0 Å². The number of hydrogen-bond donors (Lipinski definition) is 6. The SMILES string of the molecule is CC(CCC(NC(=O)NC(CCC(=O)O)C(=O)O)C(=O)O)NC(=O)CCc1ccc(I)cc1. The number of amides is 3. The second-order valence-corrected chi connectivity index (χ2v) is 8.75. The maximum atomic E-state index is 12.1. The second kappa shape index (κ2) is 14.3. The number of rotatable bonds is 14. The molecule has 0 aliphatic heterocycles. The third-order valence-corrected chi connectivity index (χ3v) is 5.42. The summed E-state index contributed by atoms with van der Waals surface area (Å²) >= 11 is 2.20. The summed E-state index contributed by atoms with van der Waals surface area (Å²) in [6.45, 7) is 1.72. The predicted molar refractivity (Wildman–Crippen MR) is 126 cm³/mol. The molecule has 0 fully saturated rings. The second-order valence-electron chi connectivity index (χ2n) is 7.50. The zero-order chi connectivity index (χ0) is 25.0. The van der Waals surface area contributed by atoms with E-state index in [0.717, 1.165) is 9.13 Å². The molecular weight excluding hydrogens is 549 g/mol. The van der Waals surface area contributed by atoms with Gasteiger partial charge in [0.05, 0.1) is 0 Å². The molecule has 182 valence electrons. The van der Waals surface area contributed by atoms with Crippen molar-refractivity contribution in [2.24, 2.45) is 0 Å². The number of carbonyl (C=O) groups is 5. The van der Waals surface area contributed by atoms with Gasteiger partial charge in [0, 0.05) is 22.5 Å². The molecule has 0 aliphatic carbocycles. The molecule has 0 saturated heterocycles. The quantitative estimate of drug-likeness (QED) is 0.180. The maximum Gasteiger partial charge on any atom is 0.326 e. The molecular formula is C21H28IN3O8. The first-order valence-corrected chi connectivity index (χ1v) is 11.3. The van der Waals surface area contributed by atoms with Crippen molar-refractivity contribution in [3.8, 4) is 0 Å². The van der Waals surface area contributed by atoms with E-state index in [-0.39, 0.29) is 37.6 Å². The average molecular weight is 577 g/mol. The molecule has 0 bridgehead atoms. The molecule has 0 aliphatic rings.